The molecule has 0 unspecified atom stereocenters. The molecule has 5 nitrogen and oxygen atoms in total. The maximum atomic E-state index is 13.7. The zero-order valence-electron chi connectivity index (χ0n) is 16.6. The van der Waals surface area contributed by atoms with Gasteiger partial charge in [-0.1, -0.05) is 35.5 Å². The third kappa shape index (κ3) is 4.20. The van der Waals surface area contributed by atoms with Gasteiger partial charge in [-0.25, -0.2) is 8.78 Å². The summed E-state index contributed by atoms with van der Waals surface area (Å²) in [6.07, 6.45) is 1.94. The van der Waals surface area contributed by atoms with E-state index in [0.717, 1.165) is 25.0 Å². The number of rotatable bonds is 5. The summed E-state index contributed by atoms with van der Waals surface area (Å²) in [4.78, 5) is 14.7. The number of nitrogens with zero attached hydrogens (tertiary/aromatic N) is 2. The number of para-hydroxylation sites is 1. The lowest BCUT2D eigenvalue weighted by Crippen LogP contribution is -2.39. The van der Waals surface area contributed by atoms with Crippen LogP contribution in [0.1, 0.15) is 46.1 Å². The largest absolute Gasteiger partial charge is 0.479 e. The predicted octanol–water partition coefficient (Wildman–Crippen LogP) is 4.86. The number of likely N-dealkylation sites (tertiary alicyclic amines) is 1. The van der Waals surface area contributed by atoms with E-state index in [1.807, 2.05) is 12.1 Å². The molecular weight excluding hydrogens is 390 g/mol. The molecule has 0 radical (unpaired) electrons. The Morgan fingerprint density at radius 1 is 1.20 bits per heavy atom. The van der Waals surface area contributed by atoms with Gasteiger partial charge in [0.15, 0.2) is 28.8 Å². The van der Waals surface area contributed by atoms with Crippen LogP contribution in [0.4, 0.5) is 8.78 Å². The highest BCUT2D eigenvalue weighted by Crippen LogP contribution is 2.30. The normalized spacial score (nSPS) is 16.5. The molecule has 0 spiro atoms. The van der Waals surface area contributed by atoms with Gasteiger partial charge in [0.25, 0.3) is 5.91 Å². The van der Waals surface area contributed by atoms with Crippen molar-refractivity contribution >= 4 is 5.91 Å². The first-order chi connectivity index (χ1) is 14.5. The number of ether oxygens (including phenoxy) is 1. The lowest BCUT2D eigenvalue weighted by Gasteiger charge is -2.33. The predicted molar refractivity (Wildman–Crippen MR) is 106 cm³/mol. The molecule has 156 valence electrons. The molecule has 4 rings (SSSR count). The van der Waals surface area contributed by atoms with E-state index in [9.17, 15) is 13.6 Å². The molecule has 0 saturated carbocycles. The van der Waals surface area contributed by atoms with E-state index in [1.165, 1.54) is 23.3 Å². The SMILES string of the molecule is Cc1ccccc1[C@@H]1CCCN(C(=O)c2cc(COc3c(F)cccc3F)on2)C1. The minimum atomic E-state index is -0.804. The van der Waals surface area contributed by atoms with Crippen LogP contribution in [0.25, 0.3) is 0 Å². The molecule has 7 heteroatoms. The smallest absolute Gasteiger partial charge is 0.276 e. The van der Waals surface area contributed by atoms with Gasteiger partial charge in [0.2, 0.25) is 0 Å². The van der Waals surface area contributed by atoms with Crippen molar-refractivity contribution in [2.45, 2.75) is 32.3 Å². The molecule has 0 N–H and O–H groups in total. The number of aryl methyl sites for hydroxylation is 1. The van der Waals surface area contributed by atoms with Crippen LogP contribution in [0.3, 0.4) is 0 Å². The average Bonchev–Trinajstić information content (AvgIpc) is 3.22. The van der Waals surface area contributed by atoms with Crippen molar-refractivity contribution < 1.29 is 22.8 Å². The number of aromatic nitrogens is 1. The standard InChI is InChI=1S/C23H22F2N2O3/c1-15-6-2-3-8-18(15)16-7-5-11-27(13-16)23(28)21-12-17(30-26-21)14-29-22-19(24)9-4-10-20(22)25/h2-4,6,8-10,12,16H,5,7,11,13-14H2,1H3/t16-/m1/s1. The summed E-state index contributed by atoms with van der Waals surface area (Å²) in [5, 5.41) is 3.83. The van der Waals surface area contributed by atoms with Crippen molar-refractivity contribution in [3.05, 3.63) is 82.7 Å². The Hall–Kier alpha value is -3.22. The number of benzene rings is 2. The van der Waals surface area contributed by atoms with E-state index in [4.69, 9.17) is 9.26 Å². The lowest BCUT2D eigenvalue weighted by atomic mass is 9.88. The monoisotopic (exact) mass is 412 g/mol. The third-order valence-corrected chi connectivity index (χ3v) is 5.39. The van der Waals surface area contributed by atoms with E-state index in [1.54, 1.807) is 4.90 Å². The van der Waals surface area contributed by atoms with Crippen LogP contribution in [0, 0.1) is 18.6 Å². The molecule has 3 aromatic rings. The van der Waals surface area contributed by atoms with Gasteiger partial charge < -0.3 is 14.2 Å². The second-order valence-electron chi connectivity index (χ2n) is 7.46. The van der Waals surface area contributed by atoms with Gasteiger partial charge >= 0.3 is 0 Å². The van der Waals surface area contributed by atoms with Crippen molar-refractivity contribution in [1.82, 2.24) is 10.1 Å². The summed E-state index contributed by atoms with van der Waals surface area (Å²) in [5.41, 5.74) is 2.64. The molecule has 1 aliphatic rings. The van der Waals surface area contributed by atoms with Crippen LogP contribution in [0.5, 0.6) is 5.75 Å². The van der Waals surface area contributed by atoms with E-state index in [2.05, 4.69) is 24.2 Å². The zero-order chi connectivity index (χ0) is 21.1. The number of piperidine rings is 1. The average molecular weight is 412 g/mol. The Labute approximate surface area is 173 Å². The fraction of sp³-hybridized carbons (Fsp3) is 0.304. The molecule has 0 aliphatic carbocycles. The molecule has 30 heavy (non-hydrogen) atoms. The van der Waals surface area contributed by atoms with Gasteiger partial charge in [0.05, 0.1) is 0 Å². The molecule has 0 bridgehead atoms. The molecule has 2 heterocycles. The van der Waals surface area contributed by atoms with Gasteiger partial charge in [-0.15, -0.1) is 0 Å². The van der Waals surface area contributed by atoms with Gasteiger partial charge in [-0.3, -0.25) is 4.79 Å². The molecule has 1 fully saturated rings. The van der Waals surface area contributed by atoms with Crippen molar-refractivity contribution in [3.8, 4) is 5.75 Å². The fourth-order valence-electron chi connectivity index (χ4n) is 3.87. The van der Waals surface area contributed by atoms with Crippen LogP contribution in [0.2, 0.25) is 0 Å². The van der Waals surface area contributed by atoms with E-state index < -0.39 is 17.4 Å². The highest BCUT2D eigenvalue weighted by Gasteiger charge is 2.28. The van der Waals surface area contributed by atoms with E-state index in [-0.39, 0.29) is 29.9 Å². The topological polar surface area (TPSA) is 55.6 Å². The van der Waals surface area contributed by atoms with Crippen molar-refractivity contribution in [3.63, 3.8) is 0 Å². The summed E-state index contributed by atoms with van der Waals surface area (Å²) >= 11 is 0. The first-order valence-corrected chi connectivity index (χ1v) is 9.90. The number of halogens is 2. The summed E-state index contributed by atoms with van der Waals surface area (Å²) in [6.45, 7) is 3.12. The quantitative estimate of drug-likeness (QED) is 0.601. The zero-order valence-corrected chi connectivity index (χ0v) is 16.6. The highest BCUT2D eigenvalue weighted by molar-refractivity contribution is 5.92. The number of carbonyl (C=O) groups excluding carboxylic acids is 1. The Morgan fingerprint density at radius 3 is 2.73 bits per heavy atom. The highest BCUT2D eigenvalue weighted by atomic mass is 19.1. The Kier molecular flexibility index (Phi) is 5.79. The molecule has 1 aliphatic heterocycles. The second-order valence-corrected chi connectivity index (χ2v) is 7.46. The van der Waals surface area contributed by atoms with E-state index >= 15 is 0 Å². The van der Waals surface area contributed by atoms with E-state index in [0.29, 0.717) is 13.1 Å². The second kappa shape index (κ2) is 8.65. The Morgan fingerprint density at radius 2 is 1.97 bits per heavy atom. The maximum Gasteiger partial charge on any atom is 0.276 e. The van der Waals surface area contributed by atoms with Crippen LogP contribution < -0.4 is 4.74 Å². The van der Waals surface area contributed by atoms with Gasteiger partial charge in [-0.05, 0) is 43.0 Å². The molecule has 1 amide bonds. The summed E-state index contributed by atoms with van der Waals surface area (Å²) < 4.78 is 37.6. The number of hydrogen-bond donors (Lipinski definition) is 0. The molecule has 2 aromatic carbocycles. The lowest BCUT2D eigenvalue weighted by molar-refractivity contribution is 0.0696. The van der Waals surface area contributed by atoms with Gasteiger partial charge in [-0.2, -0.15) is 0 Å². The Bertz CT molecular complexity index is 1030. The van der Waals surface area contributed by atoms with Crippen molar-refractivity contribution in [1.29, 1.82) is 0 Å². The summed E-state index contributed by atoms with van der Waals surface area (Å²) in [6, 6.07) is 13.1. The molecule has 1 atom stereocenters. The first kappa shape index (κ1) is 20.1. The fourth-order valence-corrected chi connectivity index (χ4v) is 3.87. The Balaban J connectivity index is 1.42. The number of hydrogen-bond acceptors (Lipinski definition) is 4. The first-order valence-electron chi connectivity index (χ1n) is 9.90. The van der Waals surface area contributed by atoms with Gasteiger partial charge in [0, 0.05) is 25.1 Å². The minimum absolute atomic E-state index is 0.160. The van der Waals surface area contributed by atoms with Crippen molar-refractivity contribution in [2.24, 2.45) is 0 Å². The maximum absolute atomic E-state index is 13.7. The summed E-state index contributed by atoms with van der Waals surface area (Å²) in [5.74, 6) is -1.82. The van der Waals surface area contributed by atoms with Crippen LogP contribution in [-0.2, 0) is 6.61 Å². The number of carbonyl (C=O) groups is 1. The van der Waals surface area contributed by atoms with Crippen LogP contribution in [-0.4, -0.2) is 29.1 Å². The van der Waals surface area contributed by atoms with Gasteiger partial charge in [0.1, 0.15) is 6.61 Å². The summed E-state index contributed by atoms with van der Waals surface area (Å²) in [7, 11) is 0. The van der Waals surface area contributed by atoms with Crippen molar-refractivity contribution in [2.75, 3.05) is 13.1 Å². The molecule has 1 aromatic heterocycles. The van der Waals surface area contributed by atoms with Crippen LogP contribution >= 0.6 is 0 Å². The number of amides is 1. The third-order valence-electron chi connectivity index (χ3n) is 5.39. The molecular formula is C23H22F2N2O3. The molecule has 1 saturated heterocycles. The van der Waals surface area contributed by atoms with Crippen LogP contribution in [0.15, 0.2) is 53.1 Å². The minimum Gasteiger partial charge on any atom is -0.479 e.